The molecule has 71 heavy (non-hydrogen) atoms. The molecule has 3 rings (SSSR count). The Morgan fingerprint density at radius 2 is 0.479 bits per heavy atom. The first-order valence-corrected chi connectivity index (χ1v) is 17.3. The van der Waals surface area contributed by atoms with Crippen molar-refractivity contribution < 1.29 is 163 Å². The summed E-state index contributed by atoms with van der Waals surface area (Å²) in [5, 5.41) is 13.4. The molecule has 0 aromatic heterocycles. The van der Waals surface area contributed by atoms with Crippen LogP contribution in [0.4, 0.5) is 158 Å². The van der Waals surface area contributed by atoms with Gasteiger partial charge >= 0.3 is 95.8 Å². The molecule has 2 aromatic rings. The van der Waals surface area contributed by atoms with E-state index in [1.54, 1.807) is 5.32 Å². The number of halogens is 36. The molecule has 1 aliphatic rings. The van der Waals surface area contributed by atoms with Crippen molar-refractivity contribution in [3.05, 3.63) is 69.8 Å². The van der Waals surface area contributed by atoms with Gasteiger partial charge in [-0.2, -0.15) is 158 Å². The zero-order valence-electron chi connectivity index (χ0n) is 32.2. The van der Waals surface area contributed by atoms with E-state index in [1.165, 1.54) is 0 Å². The normalized spacial score (nSPS) is 18.1. The molecule has 38 heteroatoms. The number of aliphatic hydroxyl groups is 1. The van der Waals surface area contributed by atoms with E-state index in [-0.39, 0.29) is 0 Å². The van der Waals surface area contributed by atoms with E-state index >= 15 is 35.1 Å². The van der Waals surface area contributed by atoms with Crippen LogP contribution in [-0.4, -0.2) is 89.8 Å². The van der Waals surface area contributed by atoms with E-state index in [4.69, 9.17) is 0 Å². The quantitative estimate of drug-likeness (QED) is 0.174. The van der Waals surface area contributed by atoms with Gasteiger partial charge in [-0.15, -0.1) is 0 Å². The summed E-state index contributed by atoms with van der Waals surface area (Å²) in [6.07, 6.45) is -34.6. The van der Waals surface area contributed by atoms with Crippen LogP contribution in [0.15, 0.2) is 36.4 Å². The average Bonchev–Trinajstić information content (AvgIpc) is 3.74. The molecule has 410 valence electrons. The Kier molecular flexibility index (Phi) is 14.4. The lowest BCUT2D eigenvalue weighted by Gasteiger charge is -2.40. The van der Waals surface area contributed by atoms with Crippen molar-refractivity contribution in [1.29, 1.82) is 0 Å². The highest BCUT2D eigenvalue weighted by molar-refractivity contribution is 5.50. The zero-order valence-corrected chi connectivity index (χ0v) is 32.2. The highest BCUT2D eigenvalue weighted by Crippen LogP contribution is 2.63. The van der Waals surface area contributed by atoms with E-state index in [0.717, 1.165) is 0 Å². The van der Waals surface area contributed by atoms with Crippen LogP contribution in [0.3, 0.4) is 0 Å². The molecule has 1 aliphatic heterocycles. The second-order valence-electron chi connectivity index (χ2n) is 14.9. The minimum Gasteiger partial charge on any atom is -0.379 e. The molecule has 0 bridgehead atoms. The molecule has 1 saturated heterocycles. The third kappa shape index (κ3) is 8.58. The number of nitrogens with one attached hydrogen (secondary N) is 1. The van der Waals surface area contributed by atoms with E-state index < -0.39 is 197 Å². The van der Waals surface area contributed by atoms with E-state index in [1.807, 2.05) is 0 Å². The number of benzene rings is 2. The van der Waals surface area contributed by atoms with Crippen molar-refractivity contribution in [2.75, 3.05) is 6.54 Å². The predicted octanol–water partition coefficient (Wildman–Crippen LogP) is 14.4. The summed E-state index contributed by atoms with van der Waals surface area (Å²) in [5.41, 5.74) is -28.0. The summed E-state index contributed by atoms with van der Waals surface area (Å²) in [7, 11) is 0. The molecule has 0 radical (unpaired) electrons. The van der Waals surface area contributed by atoms with Gasteiger partial charge < -0.3 is 10.4 Å². The van der Waals surface area contributed by atoms with Crippen LogP contribution in [0.25, 0.3) is 0 Å². The van der Waals surface area contributed by atoms with Crippen LogP contribution in [0, 0.1) is 0 Å². The maximum Gasteiger partial charge on any atom is 0.460 e. The molecule has 2 aromatic carbocycles. The van der Waals surface area contributed by atoms with Crippen LogP contribution in [0.1, 0.15) is 46.2 Å². The molecule has 0 aliphatic carbocycles. The smallest absolute Gasteiger partial charge is 0.379 e. The molecule has 0 amide bonds. The first-order chi connectivity index (χ1) is 30.7. The topological polar surface area (TPSA) is 32.3 Å². The Labute approximate surface area is 365 Å². The zero-order chi connectivity index (χ0) is 56.6. The summed E-state index contributed by atoms with van der Waals surface area (Å²) in [5.74, 6) is -98.5. The molecule has 1 heterocycles. The first kappa shape index (κ1) is 61.1. The SMILES string of the molecule is OC(c1cc(C(F)(F)C(F)(F)C(F)(F)C(F)(F)F)cc(C(F)(F)C(F)(F)C(F)(F)C(F)(F)F)c1)(c1cc(C(F)(F)C(F)(F)C(F)(F)C(F)(F)F)cc(C(F)(F)C(F)(F)C(F)(F)C(F)(F)F)c1)[C@H]1CCCN1. The number of hydrogen-bond acceptors (Lipinski definition) is 2. The fraction of sp³-hybridized carbons (Fsp3) is 0.636. The predicted molar refractivity (Wildman–Crippen MR) is 156 cm³/mol. The molecule has 0 spiro atoms. The Morgan fingerprint density at radius 1 is 0.296 bits per heavy atom. The van der Waals surface area contributed by atoms with Crippen molar-refractivity contribution in [3.63, 3.8) is 0 Å². The second kappa shape index (κ2) is 16.7. The minimum atomic E-state index is -8.40. The lowest BCUT2D eigenvalue weighted by molar-refractivity contribution is -0.400. The average molecular weight is 1130 g/mol. The van der Waals surface area contributed by atoms with Gasteiger partial charge in [-0.3, -0.25) is 0 Å². The van der Waals surface area contributed by atoms with Gasteiger partial charge in [-0.1, -0.05) is 0 Å². The van der Waals surface area contributed by atoms with E-state index in [9.17, 15) is 128 Å². The van der Waals surface area contributed by atoms with Crippen molar-refractivity contribution in [3.8, 4) is 0 Å². The Hall–Kier alpha value is -4.16. The van der Waals surface area contributed by atoms with Gasteiger partial charge in [0.25, 0.3) is 0 Å². The van der Waals surface area contributed by atoms with Crippen molar-refractivity contribution in [2.45, 2.75) is 120 Å². The van der Waals surface area contributed by atoms with Crippen LogP contribution < -0.4 is 5.32 Å². The van der Waals surface area contributed by atoms with Gasteiger partial charge in [0.15, 0.2) is 0 Å². The molecule has 2 N–H and O–H groups in total. The fourth-order valence-electron chi connectivity index (χ4n) is 6.26. The Balaban J connectivity index is 2.87. The lowest BCUT2D eigenvalue weighted by Crippen LogP contribution is -2.60. The summed E-state index contributed by atoms with van der Waals surface area (Å²) < 4.78 is 508. The third-order valence-corrected chi connectivity index (χ3v) is 10.3. The largest absolute Gasteiger partial charge is 0.460 e. The lowest BCUT2D eigenvalue weighted by atomic mass is 9.75. The first-order valence-electron chi connectivity index (χ1n) is 17.3. The summed E-state index contributed by atoms with van der Waals surface area (Å²) in [6.45, 7) is -1.08. The van der Waals surface area contributed by atoms with E-state index in [0.29, 0.717) is 0 Å². The molecular formula is C33H15F36NO. The van der Waals surface area contributed by atoms with Crippen molar-refractivity contribution in [2.24, 2.45) is 0 Å². The number of hydrogen-bond donors (Lipinski definition) is 2. The third-order valence-electron chi connectivity index (χ3n) is 10.3. The maximum atomic E-state index is 15.4. The molecular weight excluding hydrogens is 1110 g/mol. The van der Waals surface area contributed by atoms with Gasteiger partial charge in [0.2, 0.25) is 0 Å². The Bertz CT molecular complexity index is 1990. The molecule has 2 nitrogen and oxygen atoms in total. The van der Waals surface area contributed by atoms with Gasteiger partial charge in [0, 0.05) is 28.3 Å². The Morgan fingerprint density at radius 3 is 0.634 bits per heavy atom. The molecule has 0 unspecified atom stereocenters. The monoisotopic (exact) mass is 1130 g/mol. The summed E-state index contributed by atoms with van der Waals surface area (Å²) in [6, 6.07) is -14.0. The van der Waals surface area contributed by atoms with Gasteiger partial charge in [0.1, 0.15) is 5.60 Å². The number of rotatable bonds is 15. The summed E-state index contributed by atoms with van der Waals surface area (Å²) >= 11 is 0. The van der Waals surface area contributed by atoms with Crippen LogP contribution >= 0.6 is 0 Å². The standard InChI is InChI=1S/C33H15F36NO/c34-18(35,22(42,43)26(50,51)30(58,59)60)12-4-10(5-13(8-12)19(36,37)23(44,45)27(52,53)31(61,62)63)17(71,16-2-1-3-70-16)11-6-14(20(38,39)24(46,47)28(54,55)32(64,65)66)9-15(7-11)21(40,41)25(48,49)29(56,57)33(67,68)69/h4-9,16,70-71H,1-3H2/t16-/m1/s1. The maximum absolute atomic E-state index is 15.4. The molecule has 1 atom stereocenters. The molecule has 0 saturated carbocycles. The summed E-state index contributed by atoms with van der Waals surface area (Å²) in [4.78, 5) is 0. The minimum absolute atomic E-state index is 0.942. The van der Waals surface area contributed by atoms with Gasteiger partial charge in [-0.05, 0) is 66.9 Å². The van der Waals surface area contributed by atoms with Gasteiger partial charge in [0.05, 0.1) is 0 Å². The highest BCUT2D eigenvalue weighted by Gasteiger charge is 2.86. The molecule has 1 fully saturated rings. The van der Waals surface area contributed by atoms with E-state index in [2.05, 4.69) is 0 Å². The van der Waals surface area contributed by atoms with Crippen molar-refractivity contribution in [1.82, 2.24) is 5.32 Å². The van der Waals surface area contributed by atoms with Gasteiger partial charge in [-0.25, -0.2) is 0 Å². The fourth-order valence-corrected chi connectivity index (χ4v) is 6.26. The van der Waals surface area contributed by atoms with Crippen LogP contribution in [0.2, 0.25) is 0 Å². The van der Waals surface area contributed by atoms with Crippen LogP contribution in [-0.2, 0) is 29.3 Å². The van der Waals surface area contributed by atoms with Crippen molar-refractivity contribution >= 4 is 0 Å². The van der Waals surface area contributed by atoms with Crippen LogP contribution in [0.5, 0.6) is 0 Å². The highest BCUT2D eigenvalue weighted by atomic mass is 19.5. The second-order valence-corrected chi connectivity index (χ2v) is 14.9. The number of alkyl halides is 36.